The minimum absolute atomic E-state index is 0.0282. The molecule has 2 saturated heterocycles. The van der Waals surface area contributed by atoms with E-state index in [9.17, 15) is 35.7 Å². The first-order chi connectivity index (χ1) is 18.0. The van der Waals surface area contributed by atoms with Gasteiger partial charge in [-0.05, 0) is 19.4 Å². The number of hydrogen-bond donors (Lipinski definition) is 12. The van der Waals surface area contributed by atoms with Crippen LogP contribution in [0.1, 0.15) is 19.3 Å². The molecule has 16 N–H and O–H groups in total. The maximum Gasteiger partial charge on any atom is 0.186 e. The summed E-state index contributed by atoms with van der Waals surface area (Å²) in [6, 6.07) is -2.66. The predicted molar refractivity (Wildman–Crippen MR) is 130 cm³/mol. The van der Waals surface area contributed by atoms with Crippen LogP contribution in [0.15, 0.2) is 0 Å². The van der Waals surface area contributed by atoms with Crippen molar-refractivity contribution in [2.75, 3.05) is 26.2 Å². The fourth-order valence-electron chi connectivity index (χ4n) is 5.12. The van der Waals surface area contributed by atoms with Gasteiger partial charge in [0.1, 0.15) is 42.7 Å². The van der Waals surface area contributed by atoms with Crippen LogP contribution in [-0.2, 0) is 18.9 Å². The number of ether oxygens (including phenoxy) is 4. The van der Waals surface area contributed by atoms with Crippen molar-refractivity contribution in [2.24, 2.45) is 22.9 Å². The van der Waals surface area contributed by atoms with E-state index >= 15 is 0 Å². The fourth-order valence-corrected chi connectivity index (χ4v) is 5.12. The average molecular weight is 556 g/mol. The molecule has 2 heterocycles. The zero-order valence-electron chi connectivity index (χ0n) is 21.2. The molecule has 3 fully saturated rings. The maximum atomic E-state index is 11.4. The number of nitrogens with two attached hydrogens (primary N) is 4. The maximum absolute atomic E-state index is 11.4. The molecule has 0 bridgehead atoms. The Balaban J connectivity index is 1.78. The summed E-state index contributed by atoms with van der Waals surface area (Å²) < 4.78 is 23.0. The van der Waals surface area contributed by atoms with Crippen LogP contribution in [0.2, 0.25) is 0 Å². The fraction of sp³-hybridized carbons (Fsp3) is 1.00. The summed E-state index contributed by atoms with van der Waals surface area (Å²) in [7, 11) is 0. The molecule has 0 radical (unpaired) electrons. The molecular formula is C22H45N5O11. The minimum Gasteiger partial charge on any atom is -0.394 e. The van der Waals surface area contributed by atoms with Gasteiger partial charge in [-0.15, -0.1) is 0 Å². The van der Waals surface area contributed by atoms with Crippen molar-refractivity contribution in [1.82, 2.24) is 5.32 Å². The van der Waals surface area contributed by atoms with Crippen LogP contribution in [0.4, 0.5) is 0 Å². The first-order valence-corrected chi connectivity index (χ1v) is 13.0. The third-order valence-corrected chi connectivity index (χ3v) is 7.42. The summed E-state index contributed by atoms with van der Waals surface area (Å²) in [5.74, 6) is 0. The average Bonchev–Trinajstić information content (AvgIpc) is 2.88. The molecule has 2 aliphatic heterocycles. The summed E-state index contributed by atoms with van der Waals surface area (Å²) in [6.07, 6.45) is -13.8. The second-order valence-electron chi connectivity index (χ2n) is 10.3. The zero-order valence-corrected chi connectivity index (χ0v) is 21.2. The minimum atomic E-state index is -1.50. The largest absolute Gasteiger partial charge is 0.394 e. The van der Waals surface area contributed by atoms with Crippen molar-refractivity contribution in [3.05, 3.63) is 0 Å². The Bertz CT molecular complexity index is 715. The van der Waals surface area contributed by atoms with Crippen molar-refractivity contribution in [2.45, 2.75) is 111 Å². The van der Waals surface area contributed by atoms with Gasteiger partial charge >= 0.3 is 0 Å². The van der Waals surface area contributed by atoms with E-state index in [0.717, 1.165) is 0 Å². The monoisotopic (exact) mass is 555 g/mol. The van der Waals surface area contributed by atoms with E-state index in [2.05, 4.69) is 5.32 Å². The lowest BCUT2D eigenvalue weighted by Crippen LogP contribution is -2.68. The van der Waals surface area contributed by atoms with E-state index in [-0.39, 0.29) is 32.5 Å². The highest BCUT2D eigenvalue weighted by atomic mass is 16.7. The van der Waals surface area contributed by atoms with Crippen molar-refractivity contribution in [1.29, 1.82) is 0 Å². The number of aliphatic hydroxyl groups is 7. The van der Waals surface area contributed by atoms with E-state index in [4.69, 9.17) is 41.9 Å². The first-order valence-electron chi connectivity index (χ1n) is 13.0. The van der Waals surface area contributed by atoms with Crippen molar-refractivity contribution in [3.63, 3.8) is 0 Å². The Labute approximate surface area is 220 Å². The highest BCUT2D eigenvalue weighted by Crippen LogP contribution is 2.31. The third-order valence-electron chi connectivity index (χ3n) is 7.42. The Morgan fingerprint density at radius 1 is 0.842 bits per heavy atom. The van der Waals surface area contributed by atoms with Gasteiger partial charge < -0.3 is 82.9 Å². The smallest absolute Gasteiger partial charge is 0.186 e. The van der Waals surface area contributed by atoms with Crippen molar-refractivity contribution >= 4 is 0 Å². The number of hydrogen-bond acceptors (Lipinski definition) is 16. The lowest BCUT2D eigenvalue weighted by molar-refractivity contribution is -0.322. The summed E-state index contributed by atoms with van der Waals surface area (Å²) in [5, 5.41) is 75.3. The zero-order chi connectivity index (χ0) is 28.1. The van der Waals surface area contributed by atoms with Gasteiger partial charge in [-0.1, -0.05) is 0 Å². The molecule has 3 rings (SSSR count). The lowest BCUT2D eigenvalue weighted by atomic mass is 9.83. The SMILES string of the molecule is NCC[C@H](O)CN[C@H]1C[C@@H](N)[C@H](O[C@H]2O[C@H](CO)[C@@H](O)[C@H](N)[C@H]2O)[C@@H](O)[C@@H]1O[C@H]1O[C@H](CN)[C@@H](O)C[C@H]1O. The molecule has 0 unspecified atom stereocenters. The second kappa shape index (κ2) is 14.3. The van der Waals surface area contributed by atoms with Crippen molar-refractivity contribution in [3.8, 4) is 0 Å². The quantitative estimate of drug-likeness (QED) is 0.113. The Kier molecular flexibility index (Phi) is 12.0. The van der Waals surface area contributed by atoms with E-state index in [1.165, 1.54) is 0 Å². The van der Waals surface area contributed by atoms with E-state index in [1.54, 1.807) is 0 Å². The molecule has 0 amide bonds. The molecule has 3 aliphatic rings. The molecule has 16 nitrogen and oxygen atoms in total. The Morgan fingerprint density at radius 2 is 1.50 bits per heavy atom. The summed E-state index contributed by atoms with van der Waals surface area (Å²) >= 11 is 0. The number of nitrogens with one attached hydrogen (secondary N) is 1. The van der Waals surface area contributed by atoms with Gasteiger partial charge in [0, 0.05) is 31.6 Å². The molecule has 0 aromatic rings. The molecule has 0 aromatic carbocycles. The van der Waals surface area contributed by atoms with Crippen molar-refractivity contribution < 1.29 is 54.7 Å². The number of aliphatic hydroxyl groups excluding tert-OH is 7. The molecule has 1 aliphatic carbocycles. The van der Waals surface area contributed by atoms with Gasteiger partial charge in [-0.25, -0.2) is 0 Å². The van der Waals surface area contributed by atoms with Crippen LogP contribution in [0.25, 0.3) is 0 Å². The van der Waals surface area contributed by atoms with Crippen LogP contribution in [0.3, 0.4) is 0 Å². The topological polar surface area (TPSA) is 295 Å². The summed E-state index contributed by atoms with van der Waals surface area (Å²) in [5.41, 5.74) is 23.4. The molecule has 0 spiro atoms. The molecule has 16 heteroatoms. The second-order valence-corrected chi connectivity index (χ2v) is 10.3. The molecule has 15 atom stereocenters. The van der Waals surface area contributed by atoms with E-state index in [0.29, 0.717) is 6.42 Å². The highest BCUT2D eigenvalue weighted by molar-refractivity contribution is 5.02. The molecular weight excluding hydrogens is 510 g/mol. The van der Waals surface area contributed by atoms with Crippen LogP contribution < -0.4 is 28.3 Å². The summed E-state index contributed by atoms with van der Waals surface area (Å²) in [4.78, 5) is 0. The predicted octanol–water partition coefficient (Wildman–Crippen LogP) is -6.92. The molecule has 0 aromatic heterocycles. The molecule has 1 saturated carbocycles. The van der Waals surface area contributed by atoms with Crippen LogP contribution in [-0.4, -0.2) is 154 Å². The van der Waals surface area contributed by atoms with Crippen LogP contribution in [0, 0.1) is 0 Å². The standard InChI is InChI=1S/C22H45N5O11/c23-2-1-8(29)6-27-10-3-9(25)19(37-22-17(33)15(26)16(32)14(7-28)36-22)18(34)20(10)38-21-12(31)4-11(30)13(5-24)35-21/h8-22,27-34H,1-7,23-26H2/t8-,9+,10-,11-,12+,13+,14+,15-,16+,17+,18+,19-,20+,21+,22+/m0/s1. The van der Waals surface area contributed by atoms with Crippen LogP contribution in [0.5, 0.6) is 0 Å². The summed E-state index contributed by atoms with van der Waals surface area (Å²) in [6.45, 7) is -0.236. The molecule has 224 valence electrons. The Hall–Kier alpha value is -0.640. The normalized spacial score (nSPS) is 47.1. The number of rotatable bonds is 11. The van der Waals surface area contributed by atoms with Gasteiger partial charge in [-0.3, -0.25) is 0 Å². The van der Waals surface area contributed by atoms with E-state index < -0.39 is 98.4 Å². The van der Waals surface area contributed by atoms with Crippen LogP contribution >= 0.6 is 0 Å². The highest BCUT2D eigenvalue weighted by Gasteiger charge is 2.51. The van der Waals surface area contributed by atoms with Gasteiger partial charge in [-0.2, -0.15) is 0 Å². The Morgan fingerprint density at radius 3 is 2.13 bits per heavy atom. The third kappa shape index (κ3) is 7.35. The lowest BCUT2D eigenvalue weighted by Gasteiger charge is -2.48. The van der Waals surface area contributed by atoms with Gasteiger partial charge in [0.25, 0.3) is 0 Å². The van der Waals surface area contributed by atoms with Gasteiger partial charge in [0.2, 0.25) is 0 Å². The molecule has 38 heavy (non-hydrogen) atoms. The van der Waals surface area contributed by atoms with E-state index in [1.807, 2.05) is 0 Å². The van der Waals surface area contributed by atoms with Gasteiger partial charge in [0.05, 0.1) is 31.0 Å². The van der Waals surface area contributed by atoms with Gasteiger partial charge in [0.15, 0.2) is 12.6 Å². The first kappa shape index (κ1) is 31.9.